The van der Waals surface area contributed by atoms with Crippen molar-refractivity contribution in [2.75, 3.05) is 0 Å². The molecule has 1 aliphatic carbocycles. The average molecular weight is 265 g/mol. The fraction of sp³-hybridized carbons (Fsp3) is 0.368. The van der Waals surface area contributed by atoms with Gasteiger partial charge in [-0.3, -0.25) is 0 Å². The monoisotopic (exact) mass is 265 g/mol. The minimum absolute atomic E-state index is 0.0953. The summed E-state index contributed by atoms with van der Waals surface area (Å²) in [5.41, 5.74) is 12.2. The van der Waals surface area contributed by atoms with Crippen LogP contribution in [-0.2, 0) is 5.41 Å². The van der Waals surface area contributed by atoms with Crippen LogP contribution in [0.1, 0.15) is 47.6 Å². The molecule has 1 aliphatic rings. The standard InChI is InChI=1S/C19H23N/c1-14-9-10-16(13-15(14)2)18(20)19(11-6-12-19)17-7-4-3-5-8-17/h3-5,7-10,13,18H,6,11-12,20H2,1-2H3. The Morgan fingerprint density at radius 2 is 1.65 bits per heavy atom. The predicted octanol–water partition coefficient (Wildman–Crippen LogP) is 4.43. The summed E-state index contributed by atoms with van der Waals surface area (Å²) < 4.78 is 0. The third-order valence-corrected chi connectivity index (χ3v) is 5.08. The summed E-state index contributed by atoms with van der Waals surface area (Å²) in [6.07, 6.45) is 3.68. The van der Waals surface area contributed by atoms with Gasteiger partial charge in [0.25, 0.3) is 0 Å². The van der Waals surface area contributed by atoms with Crippen LogP contribution in [0.15, 0.2) is 48.5 Å². The number of nitrogens with two attached hydrogens (primary N) is 1. The number of hydrogen-bond acceptors (Lipinski definition) is 1. The lowest BCUT2D eigenvalue weighted by molar-refractivity contribution is 0.196. The van der Waals surface area contributed by atoms with Crippen LogP contribution in [0.4, 0.5) is 0 Å². The number of hydrogen-bond donors (Lipinski definition) is 1. The fourth-order valence-electron chi connectivity index (χ4n) is 3.38. The average Bonchev–Trinajstić information content (AvgIpc) is 2.42. The Hall–Kier alpha value is -1.60. The van der Waals surface area contributed by atoms with Crippen LogP contribution in [0, 0.1) is 13.8 Å². The van der Waals surface area contributed by atoms with Gasteiger partial charge in [0, 0.05) is 11.5 Å². The summed E-state index contributed by atoms with van der Waals surface area (Å²) in [5.74, 6) is 0. The van der Waals surface area contributed by atoms with E-state index in [0.29, 0.717) is 0 Å². The van der Waals surface area contributed by atoms with Gasteiger partial charge in [0.1, 0.15) is 0 Å². The topological polar surface area (TPSA) is 26.0 Å². The quantitative estimate of drug-likeness (QED) is 0.873. The molecule has 0 radical (unpaired) electrons. The Morgan fingerprint density at radius 1 is 0.950 bits per heavy atom. The van der Waals surface area contributed by atoms with Gasteiger partial charge in [0.15, 0.2) is 0 Å². The van der Waals surface area contributed by atoms with Gasteiger partial charge in [0.2, 0.25) is 0 Å². The van der Waals surface area contributed by atoms with E-state index in [9.17, 15) is 0 Å². The molecule has 0 aromatic heterocycles. The molecule has 1 unspecified atom stereocenters. The van der Waals surface area contributed by atoms with Crippen molar-refractivity contribution in [2.45, 2.75) is 44.6 Å². The third-order valence-electron chi connectivity index (χ3n) is 5.08. The highest BCUT2D eigenvalue weighted by Gasteiger charge is 2.44. The van der Waals surface area contributed by atoms with Gasteiger partial charge in [0.05, 0.1) is 0 Å². The van der Waals surface area contributed by atoms with Crippen LogP contribution in [0.5, 0.6) is 0 Å². The number of aryl methyl sites for hydroxylation is 2. The summed E-state index contributed by atoms with van der Waals surface area (Å²) in [7, 11) is 0. The molecule has 0 aliphatic heterocycles. The molecule has 0 spiro atoms. The molecule has 1 saturated carbocycles. The van der Waals surface area contributed by atoms with E-state index in [-0.39, 0.29) is 11.5 Å². The van der Waals surface area contributed by atoms with Crippen molar-refractivity contribution in [3.8, 4) is 0 Å². The minimum Gasteiger partial charge on any atom is -0.323 e. The Morgan fingerprint density at radius 3 is 2.20 bits per heavy atom. The molecular formula is C19H23N. The van der Waals surface area contributed by atoms with Crippen molar-refractivity contribution < 1.29 is 0 Å². The van der Waals surface area contributed by atoms with Gasteiger partial charge in [-0.2, -0.15) is 0 Å². The van der Waals surface area contributed by atoms with Crippen LogP contribution in [0.3, 0.4) is 0 Å². The summed E-state index contributed by atoms with van der Waals surface area (Å²) in [5, 5.41) is 0. The van der Waals surface area contributed by atoms with E-state index < -0.39 is 0 Å². The lowest BCUT2D eigenvalue weighted by atomic mass is 9.59. The maximum absolute atomic E-state index is 6.69. The highest BCUT2D eigenvalue weighted by molar-refractivity contribution is 5.38. The maximum atomic E-state index is 6.69. The van der Waals surface area contributed by atoms with E-state index in [0.717, 1.165) is 0 Å². The molecule has 3 rings (SSSR count). The molecular weight excluding hydrogens is 242 g/mol. The minimum atomic E-state index is 0.0953. The van der Waals surface area contributed by atoms with Crippen molar-refractivity contribution in [2.24, 2.45) is 5.73 Å². The molecule has 104 valence electrons. The number of rotatable bonds is 3. The Labute approximate surface area is 121 Å². The molecule has 0 amide bonds. The normalized spacial score (nSPS) is 18.4. The lowest BCUT2D eigenvalue weighted by Gasteiger charge is -2.47. The summed E-state index contributed by atoms with van der Waals surface area (Å²) in [4.78, 5) is 0. The molecule has 1 fully saturated rings. The Bertz CT molecular complexity index is 596. The largest absolute Gasteiger partial charge is 0.323 e. The Balaban J connectivity index is 1.99. The van der Waals surface area contributed by atoms with Crippen molar-refractivity contribution >= 4 is 0 Å². The predicted molar refractivity (Wildman–Crippen MR) is 84.8 cm³/mol. The molecule has 2 aromatic rings. The van der Waals surface area contributed by atoms with Crippen LogP contribution < -0.4 is 5.73 Å². The Kier molecular flexibility index (Phi) is 3.39. The van der Waals surface area contributed by atoms with E-state index >= 15 is 0 Å². The first kappa shape index (κ1) is 13.4. The highest BCUT2D eigenvalue weighted by atomic mass is 14.7. The van der Waals surface area contributed by atoms with Gasteiger partial charge >= 0.3 is 0 Å². The fourth-order valence-corrected chi connectivity index (χ4v) is 3.38. The zero-order valence-corrected chi connectivity index (χ0v) is 12.4. The van der Waals surface area contributed by atoms with E-state index in [2.05, 4.69) is 62.4 Å². The van der Waals surface area contributed by atoms with E-state index in [1.165, 1.54) is 41.5 Å². The second-order valence-electron chi connectivity index (χ2n) is 6.20. The van der Waals surface area contributed by atoms with Crippen LogP contribution in [0.25, 0.3) is 0 Å². The van der Waals surface area contributed by atoms with Crippen molar-refractivity contribution in [1.82, 2.24) is 0 Å². The first-order valence-electron chi connectivity index (χ1n) is 7.52. The first-order chi connectivity index (χ1) is 9.63. The lowest BCUT2D eigenvalue weighted by Crippen LogP contribution is -2.44. The van der Waals surface area contributed by atoms with Gasteiger partial charge in [-0.05, 0) is 48.9 Å². The van der Waals surface area contributed by atoms with E-state index in [4.69, 9.17) is 5.73 Å². The molecule has 1 nitrogen and oxygen atoms in total. The molecule has 0 bridgehead atoms. The van der Waals surface area contributed by atoms with Gasteiger partial charge < -0.3 is 5.73 Å². The van der Waals surface area contributed by atoms with Crippen LogP contribution >= 0.6 is 0 Å². The SMILES string of the molecule is Cc1ccc(C(N)C2(c3ccccc3)CCC2)cc1C. The van der Waals surface area contributed by atoms with E-state index in [1.54, 1.807) is 0 Å². The van der Waals surface area contributed by atoms with Gasteiger partial charge in [-0.15, -0.1) is 0 Å². The first-order valence-corrected chi connectivity index (χ1v) is 7.52. The summed E-state index contributed by atoms with van der Waals surface area (Å²) >= 11 is 0. The van der Waals surface area contributed by atoms with Crippen LogP contribution in [-0.4, -0.2) is 0 Å². The smallest absolute Gasteiger partial charge is 0.0393 e. The maximum Gasteiger partial charge on any atom is 0.0393 e. The highest BCUT2D eigenvalue weighted by Crippen LogP contribution is 2.51. The molecule has 1 heteroatoms. The summed E-state index contributed by atoms with van der Waals surface area (Å²) in [6.45, 7) is 4.32. The van der Waals surface area contributed by atoms with Crippen molar-refractivity contribution in [3.63, 3.8) is 0 Å². The second-order valence-corrected chi connectivity index (χ2v) is 6.20. The van der Waals surface area contributed by atoms with Gasteiger partial charge in [-0.1, -0.05) is 55.0 Å². The molecule has 1 atom stereocenters. The molecule has 0 heterocycles. The van der Waals surface area contributed by atoms with Crippen molar-refractivity contribution in [3.05, 3.63) is 70.8 Å². The van der Waals surface area contributed by atoms with Gasteiger partial charge in [-0.25, -0.2) is 0 Å². The molecule has 2 aromatic carbocycles. The zero-order chi connectivity index (χ0) is 14.2. The molecule has 2 N–H and O–H groups in total. The second kappa shape index (κ2) is 5.06. The zero-order valence-electron chi connectivity index (χ0n) is 12.4. The molecule has 0 saturated heterocycles. The summed E-state index contributed by atoms with van der Waals surface area (Å²) in [6, 6.07) is 17.6. The number of benzene rings is 2. The van der Waals surface area contributed by atoms with Crippen LogP contribution in [0.2, 0.25) is 0 Å². The van der Waals surface area contributed by atoms with Crippen molar-refractivity contribution in [1.29, 1.82) is 0 Å². The third kappa shape index (κ3) is 2.06. The van der Waals surface area contributed by atoms with E-state index in [1.807, 2.05) is 0 Å². The molecule has 20 heavy (non-hydrogen) atoms.